The van der Waals surface area contributed by atoms with Crippen LogP contribution >= 0.6 is 23.2 Å². The van der Waals surface area contributed by atoms with Gasteiger partial charge in [0.05, 0.1) is 12.2 Å². The number of aliphatic hydroxyl groups excluding tert-OH is 1. The van der Waals surface area contributed by atoms with Crippen LogP contribution in [0.3, 0.4) is 0 Å². The van der Waals surface area contributed by atoms with Gasteiger partial charge in [0.2, 0.25) is 0 Å². The SMILES string of the molecule is C[C@H](CCO)N1CCC[C@@H](C2CN(c3cnc4c(C#N)nn([C@H](C)c5ccc(Cl)cc5Cl)c4n3)C2)C1. The zero-order chi connectivity index (χ0) is 25.4. The van der Waals surface area contributed by atoms with Gasteiger partial charge in [0.25, 0.3) is 0 Å². The number of fused-ring (bicyclic) bond motifs is 1. The number of piperidine rings is 1. The largest absolute Gasteiger partial charge is 0.396 e. The fourth-order valence-electron chi connectivity index (χ4n) is 5.56. The first kappa shape index (κ1) is 25.2. The maximum atomic E-state index is 9.64. The normalized spacial score (nSPS) is 20.8. The summed E-state index contributed by atoms with van der Waals surface area (Å²) in [6.45, 7) is 8.55. The summed E-state index contributed by atoms with van der Waals surface area (Å²) in [6.07, 6.45) is 5.05. The number of nitriles is 1. The Bertz CT molecular complexity index is 1280. The number of rotatable bonds is 7. The molecule has 36 heavy (non-hydrogen) atoms. The van der Waals surface area contributed by atoms with Crippen LogP contribution in [0.15, 0.2) is 24.4 Å². The van der Waals surface area contributed by atoms with Gasteiger partial charge in [-0.2, -0.15) is 10.4 Å². The van der Waals surface area contributed by atoms with E-state index in [1.54, 1.807) is 23.0 Å². The molecular formula is C26H31Cl2N7O. The molecular weight excluding hydrogens is 497 g/mol. The molecule has 2 aliphatic heterocycles. The molecule has 0 spiro atoms. The summed E-state index contributed by atoms with van der Waals surface area (Å²) in [7, 11) is 0. The van der Waals surface area contributed by atoms with E-state index in [0.717, 1.165) is 44.0 Å². The highest BCUT2D eigenvalue weighted by atomic mass is 35.5. The van der Waals surface area contributed by atoms with Crippen LogP contribution in [0, 0.1) is 23.2 Å². The summed E-state index contributed by atoms with van der Waals surface area (Å²) in [5.41, 5.74) is 2.17. The van der Waals surface area contributed by atoms with Crippen molar-refractivity contribution in [1.82, 2.24) is 24.6 Å². The fourth-order valence-corrected chi connectivity index (χ4v) is 6.13. The van der Waals surface area contributed by atoms with Crippen molar-refractivity contribution in [2.45, 2.75) is 45.2 Å². The van der Waals surface area contributed by atoms with E-state index in [4.69, 9.17) is 28.2 Å². The lowest BCUT2D eigenvalue weighted by Gasteiger charge is -2.48. The molecule has 4 heterocycles. The molecule has 2 fully saturated rings. The molecule has 0 unspecified atom stereocenters. The van der Waals surface area contributed by atoms with Crippen LogP contribution in [0.2, 0.25) is 10.0 Å². The molecule has 0 bridgehead atoms. The molecule has 0 radical (unpaired) electrons. The van der Waals surface area contributed by atoms with Gasteiger partial charge in [0.15, 0.2) is 11.3 Å². The van der Waals surface area contributed by atoms with Gasteiger partial charge in [-0.15, -0.1) is 0 Å². The molecule has 1 aromatic carbocycles. The molecule has 3 atom stereocenters. The van der Waals surface area contributed by atoms with E-state index in [1.165, 1.54) is 12.8 Å². The number of hydrogen-bond acceptors (Lipinski definition) is 7. The predicted octanol–water partition coefficient (Wildman–Crippen LogP) is 4.53. The molecule has 10 heteroatoms. The monoisotopic (exact) mass is 527 g/mol. The Hall–Kier alpha value is -2.44. The van der Waals surface area contributed by atoms with Crippen molar-refractivity contribution in [3.63, 3.8) is 0 Å². The van der Waals surface area contributed by atoms with Gasteiger partial charge in [-0.05, 0) is 69.2 Å². The standard InChI is InChI=1S/C26H31Cl2N7O/c1-16(7-9-36)33-8-3-4-18(13-33)19-14-34(15-19)24-12-30-25-23(11-29)32-35(26(25)31-24)17(2)21-6-5-20(27)10-22(21)28/h5-6,10,12,16-19,36H,3-4,7-9,13-15H2,1-2H3/t16-,17-,18-/m1/s1. The lowest BCUT2D eigenvalue weighted by Crippen LogP contribution is -2.54. The molecule has 0 saturated carbocycles. The van der Waals surface area contributed by atoms with Gasteiger partial charge in [-0.3, -0.25) is 0 Å². The number of anilines is 1. The number of halogens is 2. The Morgan fingerprint density at radius 1 is 1.19 bits per heavy atom. The number of likely N-dealkylation sites (tertiary alicyclic amines) is 1. The summed E-state index contributed by atoms with van der Waals surface area (Å²) in [4.78, 5) is 14.3. The first-order valence-electron chi connectivity index (χ1n) is 12.6. The van der Waals surface area contributed by atoms with E-state index in [1.807, 2.05) is 13.0 Å². The Kier molecular flexibility index (Phi) is 7.36. The quantitative estimate of drug-likeness (QED) is 0.482. The van der Waals surface area contributed by atoms with Crippen molar-refractivity contribution in [1.29, 1.82) is 5.26 Å². The third-order valence-electron chi connectivity index (χ3n) is 7.84. The molecule has 3 aromatic rings. The second-order valence-electron chi connectivity index (χ2n) is 10.1. The second-order valence-corrected chi connectivity index (χ2v) is 10.9. The van der Waals surface area contributed by atoms with E-state index in [0.29, 0.717) is 39.1 Å². The summed E-state index contributed by atoms with van der Waals surface area (Å²) < 4.78 is 1.73. The molecule has 5 rings (SSSR count). The van der Waals surface area contributed by atoms with E-state index in [-0.39, 0.29) is 18.3 Å². The van der Waals surface area contributed by atoms with Gasteiger partial charge < -0.3 is 14.9 Å². The topological polar surface area (TPSA) is 94.1 Å². The smallest absolute Gasteiger partial charge is 0.190 e. The summed E-state index contributed by atoms with van der Waals surface area (Å²) >= 11 is 12.5. The Labute approximate surface area is 221 Å². The minimum absolute atomic E-state index is 0.244. The first-order valence-corrected chi connectivity index (χ1v) is 13.3. The Balaban J connectivity index is 1.34. The highest BCUT2D eigenvalue weighted by Crippen LogP contribution is 2.35. The van der Waals surface area contributed by atoms with Crippen molar-refractivity contribution in [2.75, 3.05) is 37.7 Å². The number of benzene rings is 1. The van der Waals surface area contributed by atoms with E-state index in [2.05, 4.69) is 32.9 Å². The van der Waals surface area contributed by atoms with E-state index in [9.17, 15) is 10.4 Å². The van der Waals surface area contributed by atoms with E-state index >= 15 is 0 Å². The lowest BCUT2D eigenvalue weighted by atomic mass is 9.80. The number of hydrogen-bond donors (Lipinski definition) is 1. The molecule has 1 N–H and O–H groups in total. The Morgan fingerprint density at radius 2 is 2.00 bits per heavy atom. The molecule has 190 valence electrons. The van der Waals surface area contributed by atoms with Gasteiger partial charge in [0, 0.05) is 42.3 Å². The predicted molar refractivity (Wildman–Crippen MR) is 141 cm³/mol. The average molecular weight is 528 g/mol. The van der Waals surface area contributed by atoms with Crippen LogP contribution in [-0.4, -0.2) is 68.6 Å². The molecule has 0 aliphatic carbocycles. The number of aromatic nitrogens is 4. The van der Waals surface area contributed by atoms with Crippen molar-refractivity contribution in [2.24, 2.45) is 11.8 Å². The third kappa shape index (κ3) is 4.78. The number of aliphatic hydroxyl groups is 1. The van der Waals surface area contributed by atoms with Crippen LogP contribution in [-0.2, 0) is 0 Å². The zero-order valence-corrected chi connectivity index (χ0v) is 22.1. The highest BCUT2D eigenvalue weighted by Gasteiger charge is 2.37. The van der Waals surface area contributed by atoms with Crippen molar-refractivity contribution < 1.29 is 5.11 Å². The third-order valence-corrected chi connectivity index (χ3v) is 8.40. The van der Waals surface area contributed by atoms with Gasteiger partial charge >= 0.3 is 0 Å². The molecule has 8 nitrogen and oxygen atoms in total. The minimum Gasteiger partial charge on any atom is -0.396 e. The Morgan fingerprint density at radius 3 is 2.72 bits per heavy atom. The molecule has 2 aliphatic rings. The highest BCUT2D eigenvalue weighted by molar-refractivity contribution is 6.35. The summed E-state index contributed by atoms with van der Waals surface area (Å²) in [5.74, 6) is 2.09. The van der Waals surface area contributed by atoms with Crippen LogP contribution in [0.5, 0.6) is 0 Å². The molecule has 0 amide bonds. The van der Waals surface area contributed by atoms with Gasteiger partial charge in [-0.1, -0.05) is 29.3 Å². The maximum absolute atomic E-state index is 9.64. The van der Waals surface area contributed by atoms with Crippen molar-refractivity contribution in [3.8, 4) is 6.07 Å². The summed E-state index contributed by atoms with van der Waals surface area (Å²) in [6, 6.07) is 7.70. The van der Waals surface area contributed by atoms with Gasteiger partial charge in [0.1, 0.15) is 17.4 Å². The zero-order valence-electron chi connectivity index (χ0n) is 20.6. The van der Waals surface area contributed by atoms with Crippen LogP contribution in [0.4, 0.5) is 5.82 Å². The second kappa shape index (κ2) is 10.5. The summed E-state index contributed by atoms with van der Waals surface area (Å²) in [5, 5.41) is 24.6. The van der Waals surface area contributed by atoms with Crippen LogP contribution < -0.4 is 4.90 Å². The maximum Gasteiger partial charge on any atom is 0.190 e. The van der Waals surface area contributed by atoms with E-state index < -0.39 is 0 Å². The average Bonchev–Trinajstić information content (AvgIpc) is 3.21. The fraction of sp³-hybridized carbons (Fsp3) is 0.538. The number of nitrogens with zero attached hydrogens (tertiary/aromatic N) is 7. The van der Waals surface area contributed by atoms with Gasteiger partial charge in [-0.25, -0.2) is 14.6 Å². The van der Waals surface area contributed by atoms with Crippen LogP contribution in [0.1, 0.15) is 50.4 Å². The minimum atomic E-state index is -0.248. The van der Waals surface area contributed by atoms with Crippen LogP contribution in [0.25, 0.3) is 11.2 Å². The first-order chi connectivity index (χ1) is 17.4. The lowest BCUT2D eigenvalue weighted by molar-refractivity contribution is 0.0791. The van der Waals surface area contributed by atoms with Crippen molar-refractivity contribution in [3.05, 3.63) is 45.7 Å². The molecule has 2 saturated heterocycles. The molecule has 2 aromatic heterocycles. The van der Waals surface area contributed by atoms with Crippen molar-refractivity contribution >= 4 is 40.2 Å².